The smallest absolute Gasteiger partial charge is 0.344 e. The third kappa shape index (κ3) is 6.77. The Bertz CT molecular complexity index is 946. The lowest BCUT2D eigenvalue weighted by molar-refractivity contribution is -0.145. The van der Waals surface area contributed by atoms with Crippen molar-refractivity contribution in [2.45, 2.75) is 20.3 Å². The number of aryl methyl sites for hydroxylation is 1. The maximum Gasteiger partial charge on any atom is 0.344 e. The van der Waals surface area contributed by atoms with E-state index >= 15 is 0 Å². The van der Waals surface area contributed by atoms with Crippen LogP contribution in [0, 0.1) is 11.3 Å². The van der Waals surface area contributed by atoms with Crippen molar-refractivity contribution >= 4 is 39.6 Å². The molecule has 0 radical (unpaired) electrons. The van der Waals surface area contributed by atoms with Gasteiger partial charge in [0.25, 0.3) is 5.91 Å². The van der Waals surface area contributed by atoms with E-state index in [0.29, 0.717) is 17.0 Å². The van der Waals surface area contributed by atoms with E-state index < -0.39 is 11.9 Å². The molecule has 0 atom stereocenters. The van der Waals surface area contributed by atoms with Gasteiger partial charge in [-0.15, -0.1) is 0 Å². The SMILES string of the molecule is CCOC(=O)COc1ccc(Br)cc1/C=C(\C#N)C(=O)Nc1ccc(CC)cc1. The van der Waals surface area contributed by atoms with Crippen LogP contribution in [0.25, 0.3) is 6.08 Å². The monoisotopic (exact) mass is 456 g/mol. The van der Waals surface area contributed by atoms with Crippen LogP contribution in [0.15, 0.2) is 52.5 Å². The molecule has 0 aliphatic rings. The second-order valence-corrected chi connectivity index (χ2v) is 6.87. The number of amides is 1. The molecule has 1 amide bonds. The van der Waals surface area contributed by atoms with Crippen molar-refractivity contribution in [2.24, 2.45) is 0 Å². The summed E-state index contributed by atoms with van der Waals surface area (Å²) < 4.78 is 11.1. The van der Waals surface area contributed by atoms with Crippen molar-refractivity contribution < 1.29 is 19.1 Å². The average Bonchev–Trinajstić information content (AvgIpc) is 2.72. The highest BCUT2D eigenvalue weighted by atomic mass is 79.9. The summed E-state index contributed by atoms with van der Waals surface area (Å²) in [5.74, 6) is -0.679. The number of carbonyl (C=O) groups excluding carboxylic acids is 2. The van der Waals surface area contributed by atoms with Crippen LogP contribution in [-0.2, 0) is 20.7 Å². The summed E-state index contributed by atoms with van der Waals surface area (Å²) in [6.07, 6.45) is 2.32. The zero-order chi connectivity index (χ0) is 21.2. The van der Waals surface area contributed by atoms with Gasteiger partial charge >= 0.3 is 5.97 Å². The van der Waals surface area contributed by atoms with Gasteiger partial charge in [-0.3, -0.25) is 4.79 Å². The molecule has 1 N–H and O–H groups in total. The van der Waals surface area contributed by atoms with E-state index in [4.69, 9.17) is 9.47 Å². The first-order chi connectivity index (χ1) is 14.0. The van der Waals surface area contributed by atoms with Gasteiger partial charge in [-0.2, -0.15) is 5.26 Å². The van der Waals surface area contributed by atoms with E-state index in [2.05, 4.69) is 21.2 Å². The Morgan fingerprint density at radius 1 is 1.17 bits per heavy atom. The Balaban J connectivity index is 2.21. The van der Waals surface area contributed by atoms with Crippen LogP contribution in [0.2, 0.25) is 0 Å². The Hall–Kier alpha value is -3.11. The number of ether oxygens (including phenoxy) is 2. The summed E-state index contributed by atoms with van der Waals surface area (Å²) in [5, 5.41) is 12.2. The number of nitrogens with zero attached hydrogens (tertiary/aromatic N) is 1. The molecule has 2 aromatic rings. The van der Waals surface area contributed by atoms with Crippen molar-refractivity contribution in [1.82, 2.24) is 0 Å². The van der Waals surface area contributed by atoms with Crippen molar-refractivity contribution in [3.05, 3.63) is 63.6 Å². The topological polar surface area (TPSA) is 88.4 Å². The summed E-state index contributed by atoms with van der Waals surface area (Å²) >= 11 is 3.36. The first-order valence-electron chi connectivity index (χ1n) is 9.06. The maximum absolute atomic E-state index is 12.5. The first-order valence-corrected chi connectivity index (χ1v) is 9.86. The van der Waals surface area contributed by atoms with Gasteiger partial charge in [0.1, 0.15) is 17.4 Å². The molecule has 0 aromatic heterocycles. The Labute approximate surface area is 178 Å². The van der Waals surface area contributed by atoms with Gasteiger partial charge in [0.15, 0.2) is 6.61 Å². The minimum atomic E-state index is -0.534. The average molecular weight is 457 g/mol. The molecule has 0 aliphatic heterocycles. The predicted octanol–water partition coefficient (Wildman–Crippen LogP) is 4.50. The van der Waals surface area contributed by atoms with Gasteiger partial charge in [-0.05, 0) is 55.3 Å². The highest BCUT2D eigenvalue weighted by molar-refractivity contribution is 9.10. The molecular weight excluding hydrogens is 436 g/mol. The number of benzene rings is 2. The summed E-state index contributed by atoms with van der Waals surface area (Å²) in [4.78, 5) is 24.1. The number of nitriles is 1. The summed E-state index contributed by atoms with van der Waals surface area (Å²) in [5.41, 5.74) is 2.14. The summed E-state index contributed by atoms with van der Waals surface area (Å²) in [6.45, 7) is 3.74. The van der Waals surface area contributed by atoms with Gasteiger partial charge in [-0.25, -0.2) is 4.79 Å². The minimum absolute atomic E-state index is 0.0938. The van der Waals surface area contributed by atoms with Crippen LogP contribution in [0.3, 0.4) is 0 Å². The molecule has 2 aromatic carbocycles. The van der Waals surface area contributed by atoms with Crippen LogP contribution >= 0.6 is 15.9 Å². The summed E-state index contributed by atoms with van der Waals surface area (Å²) in [6, 6.07) is 14.4. The van der Waals surface area contributed by atoms with Gasteiger partial charge in [0.2, 0.25) is 0 Å². The van der Waals surface area contributed by atoms with Crippen molar-refractivity contribution in [1.29, 1.82) is 5.26 Å². The van der Waals surface area contributed by atoms with E-state index in [0.717, 1.165) is 16.5 Å². The van der Waals surface area contributed by atoms with Crippen LogP contribution in [0.4, 0.5) is 5.69 Å². The molecule has 0 fully saturated rings. The standard InChI is InChI=1S/C22H21BrN2O4/c1-3-15-5-8-19(9-6-15)25-22(27)17(13-24)11-16-12-18(23)7-10-20(16)29-14-21(26)28-4-2/h5-12H,3-4,14H2,1-2H3,(H,25,27)/b17-11+. The fourth-order valence-electron chi connectivity index (χ4n) is 2.43. The first kappa shape index (κ1) is 22.2. The van der Waals surface area contributed by atoms with Gasteiger partial charge in [0.05, 0.1) is 6.61 Å². The minimum Gasteiger partial charge on any atom is -0.481 e. The predicted molar refractivity (Wildman–Crippen MR) is 114 cm³/mol. The van der Waals surface area contributed by atoms with E-state index in [1.165, 1.54) is 6.08 Å². The fourth-order valence-corrected chi connectivity index (χ4v) is 2.81. The molecule has 7 heteroatoms. The number of anilines is 1. The molecule has 0 aliphatic carbocycles. The third-order valence-electron chi connectivity index (χ3n) is 3.91. The number of esters is 1. The van der Waals surface area contributed by atoms with E-state index in [9.17, 15) is 14.9 Å². The lowest BCUT2D eigenvalue weighted by Gasteiger charge is -2.10. The van der Waals surface area contributed by atoms with Crippen LogP contribution in [0.1, 0.15) is 25.0 Å². The largest absolute Gasteiger partial charge is 0.481 e. The highest BCUT2D eigenvalue weighted by Crippen LogP contribution is 2.26. The van der Waals surface area contributed by atoms with Gasteiger partial charge in [0, 0.05) is 15.7 Å². The zero-order valence-electron chi connectivity index (χ0n) is 16.2. The lowest BCUT2D eigenvalue weighted by Crippen LogP contribution is -2.15. The second kappa shape index (κ2) is 11.0. The number of hydrogen-bond acceptors (Lipinski definition) is 5. The molecule has 0 unspecified atom stereocenters. The highest BCUT2D eigenvalue weighted by Gasteiger charge is 2.13. The number of halogens is 1. The third-order valence-corrected chi connectivity index (χ3v) is 4.40. The number of rotatable bonds is 8. The second-order valence-electron chi connectivity index (χ2n) is 5.95. The van der Waals surface area contributed by atoms with E-state index in [1.807, 2.05) is 25.1 Å². The number of carbonyl (C=O) groups is 2. The van der Waals surface area contributed by atoms with Crippen LogP contribution < -0.4 is 10.1 Å². The van der Waals surface area contributed by atoms with Gasteiger partial charge < -0.3 is 14.8 Å². The quantitative estimate of drug-likeness (QED) is 0.358. The van der Waals surface area contributed by atoms with Crippen molar-refractivity contribution in [3.8, 4) is 11.8 Å². The Kier molecular flexibility index (Phi) is 8.44. The molecule has 150 valence electrons. The molecule has 0 spiro atoms. The van der Waals surface area contributed by atoms with Gasteiger partial charge in [-0.1, -0.05) is 35.0 Å². The molecule has 0 saturated heterocycles. The Morgan fingerprint density at radius 2 is 1.90 bits per heavy atom. The molecule has 0 heterocycles. The molecule has 6 nitrogen and oxygen atoms in total. The summed E-state index contributed by atoms with van der Waals surface area (Å²) in [7, 11) is 0. The number of nitrogens with one attached hydrogen (secondary N) is 1. The number of hydrogen-bond donors (Lipinski definition) is 1. The van der Waals surface area contributed by atoms with Crippen molar-refractivity contribution in [3.63, 3.8) is 0 Å². The maximum atomic E-state index is 12.5. The lowest BCUT2D eigenvalue weighted by atomic mass is 10.1. The molecule has 29 heavy (non-hydrogen) atoms. The van der Waals surface area contributed by atoms with E-state index in [-0.39, 0.29) is 18.8 Å². The molecule has 0 bridgehead atoms. The van der Waals surface area contributed by atoms with Crippen molar-refractivity contribution in [2.75, 3.05) is 18.5 Å². The van der Waals surface area contributed by atoms with Crippen LogP contribution in [-0.4, -0.2) is 25.1 Å². The Morgan fingerprint density at radius 3 is 2.52 bits per heavy atom. The molecule has 2 rings (SSSR count). The van der Waals surface area contributed by atoms with Crippen LogP contribution in [0.5, 0.6) is 5.75 Å². The zero-order valence-corrected chi connectivity index (χ0v) is 17.8. The molecule has 0 saturated carbocycles. The fraction of sp³-hybridized carbons (Fsp3) is 0.227. The van der Waals surface area contributed by atoms with E-state index in [1.54, 1.807) is 37.3 Å². The normalized spacial score (nSPS) is 10.8. The molecular formula is C22H21BrN2O4.